The number of rotatable bonds is 4. The molecule has 1 amide bonds. The molecule has 0 atom stereocenters. The molecule has 0 spiro atoms. The SMILES string of the molecule is O=C(CNC(=O)c1ccccc1)Oc1ccccc1. The minimum atomic E-state index is -0.504. The van der Waals surface area contributed by atoms with Crippen LogP contribution in [0.25, 0.3) is 0 Å². The molecule has 0 fully saturated rings. The van der Waals surface area contributed by atoms with Crippen molar-refractivity contribution in [2.45, 2.75) is 0 Å². The van der Waals surface area contributed by atoms with Crippen LogP contribution in [0.4, 0.5) is 0 Å². The summed E-state index contributed by atoms with van der Waals surface area (Å²) >= 11 is 0. The zero-order valence-corrected chi connectivity index (χ0v) is 10.2. The van der Waals surface area contributed by atoms with E-state index in [-0.39, 0.29) is 12.5 Å². The highest BCUT2D eigenvalue weighted by Crippen LogP contribution is 2.08. The van der Waals surface area contributed by atoms with Gasteiger partial charge in [0.1, 0.15) is 12.3 Å². The molecule has 0 aliphatic heterocycles. The number of carbonyl (C=O) groups excluding carboxylic acids is 2. The minimum absolute atomic E-state index is 0.164. The lowest BCUT2D eigenvalue weighted by Gasteiger charge is -2.05. The fraction of sp³-hybridized carbons (Fsp3) is 0.0667. The number of amides is 1. The molecule has 1 N–H and O–H groups in total. The van der Waals surface area contributed by atoms with Gasteiger partial charge in [0.25, 0.3) is 5.91 Å². The summed E-state index contributed by atoms with van der Waals surface area (Å²) in [4.78, 5) is 23.2. The minimum Gasteiger partial charge on any atom is -0.425 e. The smallest absolute Gasteiger partial charge is 0.330 e. The summed E-state index contributed by atoms with van der Waals surface area (Å²) in [6.45, 7) is -0.164. The third kappa shape index (κ3) is 3.96. The molecule has 0 unspecified atom stereocenters. The first kappa shape index (κ1) is 12.8. The summed E-state index contributed by atoms with van der Waals surface area (Å²) < 4.78 is 5.05. The second kappa shape index (κ2) is 6.35. The van der Waals surface area contributed by atoms with E-state index < -0.39 is 5.97 Å². The van der Waals surface area contributed by atoms with E-state index in [1.54, 1.807) is 48.5 Å². The maximum atomic E-state index is 11.7. The molecule has 0 saturated carbocycles. The fourth-order valence-electron chi connectivity index (χ4n) is 1.50. The van der Waals surface area contributed by atoms with Gasteiger partial charge in [-0.1, -0.05) is 36.4 Å². The largest absolute Gasteiger partial charge is 0.425 e. The molecule has 0 bridgehead atoms. The van der Waals surface area contributed by atoms with Crippen molar-refractivity contribution in [3.05, 3.63) is 66.2 Å². The Labute approximate surface area is 111 Å². The van der Waals surface area contributed by atoms with Crippen molar-refractivity contribution in [1.29, 1.82) is 0 Å². The molecule has 0 heterocycles. The van der Waals surface area contributed by atoms with Gasteiger partial charge in [-0.05, 0) is 24.3 Å². The van der Waals surface area contributed by atoms with E-state index in [2.05, 4.69) is 5.32 Å². The average molecular weight is 255 g/mol. The van der Waals surface area contributed by atoms with Crippen LogP contribution >= 0.6 is 0 Å². The molecule has 19 heavy (non-hydrogen) atoms. The van der Waals surface area contributed by atoms with Crippen molar-refractivity contribution in [1.82, 2.24) is 5.32 Å². The topological polar surface area (TPSA) is 55.4 Å². The number of carbonyl (C=O) groups is 2. The van der Waals surface area contributed by atoms with Gasteiger partial charge in [0.2, 0.25) is 0 Å². The molecule has 0 aliphatic rings. The maximum Gasteiger partial charge on any atom is 0.330 e. The lowest BCUT2D eigenvalue weighted by molar-refractivity contribution is -0.133. The standard InChI is InChI=1S/C15H13NO3/c17-14(19-13-9-5-2-6-10-13)11-16-15(18)12-7-3-1-4-8-12/h1-10H,11H2,(H,16,18). The summed E-state index contributed by atoms with van der Waals surface area (Å²) in [5.74, 6) is -0.345. The van der Waals surface area contributed by atoms with Gasteiger partial charge in [-0.25, -0.2) is 4.79 Å². The highest BCUT2D eigenvalue weighted by molar-refractivity contribution is 5.95. The first-order valence-electron chi connectivity index (χ1n) is 5.84. The van der Waals surface area contributed by atoms with Crippen molar-refractivity contribution in [3.8, 4) is 5.75 Å². The summed E-state index contributed by atoms with van der Waals surface area (Å²) in [5.41, 5.74) is 0.509. The van der Waals surface area contributed by atoms with E-state index in [9.17, 15) is 9.59 Å². The predicted octanol–water partition coefficient (Wildman–Crippen LogP) is 2.02. The summed E-state index contributed by atoms with van der Waals surface area (Å²) in [7, 11) is 0. The van der Waals surface area contributed by atoms with Gasteiger partial charge in [0, 0.05) is 5.56 Å². The Morgan fingerprint density at radius 1 is 0.895 bits per heavy atom. The van der Waals surface area contributed by atoms with Gasteiger partial charge in [-0.15, -0.1) is 0 Å². The lowest BCUT2D eigenvalue weighted by Crippen LogP contribution is -2.31. The van der Waals surface area contributed by atoms with Gasteiger partial charge < -0.3 is 10.1 Å². The van der Waals surface area contributed by atoms with Crippen LogP contribution < -0.4 is 10.1 Å². The molecule has 4 nitrogen and oxygen atoms in total. The number of ether oxygens (including phenoxy) is 1. The first-order valence-corrected chi connectivity index (χ1v) is 5.84. The summed E-state index contributed by atoms with van der Waals surface area (Å²) in [6, 6.07) is 17.4. The van der Waals surface area contributed by atoms with Crippen molar-refractivity contribution in [3.63, 3.8) is 0 Å². The summed E-state index contributed by atoms with van der Waals surface area (Å²) in [5, 5.41) is 2.51. The van der Waals surface area contributed by atoms with E-state index >= 15 is 0 Å². The van der Waals surface area contributed by atoms with E-state index in [4.69, 9.17) is 4.74 Å². The van der Waals surface area contributed by atoms with Crippen LogP contribution in [0.5, 0.6) is 5.75 Å². The highest BCUT2D eigenvalue weighted by Gasteiger charge is 2.08. The first-order chi connectivity index (χ1) is 9.25. The quantitative estimate of drug-likeness (QED) is 0.671. The zero-order valence-electron chi connectivity index (χ0n) is 10.2. The normalized spacial score (nSPS) is 9.68. The second-order valence-corrected chi connectivity index (χ2v) is 3.84. The van der Waals surface area contributed by atoms with Crippen molar-refractivity contribution in [2.24, 2.45) is 0 Å². The van der Waals surface area contributed by atoms with Crippen LogP contribution in [0.3, 0.4) is 0 Å². The number of hydrogen-bond acceptors (Lipinski definition) is 3. The molecule has 2 aromatic carbocycles. The van der Waals surface area contributed by atoms with E-state index in [1.807, 2.05) is 12.1 Å². The third-order valence-corrected chi connectivity index (χ3v) is 2.40. The molecule has 0 saturated heterocycles. The molecule has 0 aliphatic carbocycles. The van der Waals surface area contributed by atoms with Crippen molar-refractivity contribution in [2.75, 3.05) is 6.54 Å². The Hall–Kier alpha value is -2.62. The molecular weight excluding hydrogens is 242 g/mol. The Kier molecular flexibility index (Phi) is 4.29. The molecule has 4 heteroatoms. The lowest BCUT2D eigenvalue weighted by atomic mass is 10.2. The zero-order chi connectivity index (χ0) is 13.5. The van der Waals surface area contributed by atoms with E-state index in [0.717, 1.165) is 0 Å². The average Bonchev–Trinajstić information content (AvgIpc) is 2.47. The molecule has 0 radical (unpaired) electrons. The molecular formula is C15H13NO3. The van der Waals surface area contributed by atoms with Gasteiger partial charge in [0.05, 0.1) is 0 Å². The van der Waals surface area contributed by atoms with Crippen LogP contribution in [0.2, 0.25) is 0 Å². The Balaban J connectivity index is 1.83. The second-order valence-electron chi connectivity index (χ2n) is 3.84. The van der Waals surface area contributed by atoms with E-state index in [0.29, 0.717) is 11.3 Å². The molecule has 0 aromatic heterocycles. The third-order valence-electron chi connectivity index (χ3n) is 2.40. The van der Waals surface area contributed by atoms with Crippen LogP contribution in [-0.4, -0.2) is 18.4 Å². The van der Waals surface area contributed by atoms with Crippen molar-refractivity contribution < 1.29 is 14.3 Å². The van der Waals surface area contributed by atoms with Gasteiger partial charge >= 0.3 is 5.97 Å². The van der Waals surface area contributed by atoms with E-state index in [1.165, 1.54) is 0 Å². The van der Waals surface area contributed by atoms with Crippen LogP contribution in [0.1, 0.15) is 10.4 Å². The fourth-order valence-corrected chi connectivity index (χ4v) is 1.50. The van der Waals surface area contributed by atoms with Crippen LogP contribution in [0, 0.1) is 0 Å². The Morgan fingerprint density at radius 2 is 1.47 bits per heavy atom. The monoisotopic (exact) mass is 255 g/mol. The number of para-hydroxylation sites is 1. The van der Waals surface area contributed by atoms with Gasteiger partial charge in [0.15, 0.2) is 0 Å². The summed E-state index contributed by atoms with van der Waals surface area (Å²) in [6.07, 6.45) is 0. The number of benzene rings is 2. The van der Waals surface area contributed by atoms with Gasteiger partial charge in [-0.2, -0.15) is 0 Å². The molecule has 96 valence electrons. The number of esters is 1. The molecule has 2 rings (SSSR count). The Bertz CT molecular complexity index is 552. The van der Waals surface area contributed by atoms with Crippen LogP contribution in [-0.2, 0) is 4.79 Å². The van der Waals surface area contributed by atoms with Crippen molar-refractivity contribution >= 4 is 11.9 Å². The van der Waals surface area contributed by atoms with Gasteiger partial charge in [-0.3, -0.25) is 4.79 Å². The van der Waals surface area contributed by atoms with Crippen LogP contribution in [0.15, 0.2) is 60.7 Å². The predicted molar refractivity (Wildman–Crippen MR) is 70.9 cm³/mol. The number of hydrogen-bond donors (Lipinski definition) is 1. The maximum absolute atomic E-state index is 11.7. The number of nitrogens with one attached hydrogen (secondary N) is 1. The molecule has 2 aromatic rings. The highest BCUT2D eigenvalue weighted by atomic mass is 16.5. The Morgan fingerprint density at radius 3 is 2.11 bits per heavy atom.